The Morgan fingerprint density at radius 2 is 1.73 bits per heavy atom. The molecule has 4 aromatic rings. The summed E-state index contributed by atoms with van der Waals surface area (Å²) in [4.78, 5) is 19.7. The number of nitrogens with zero attached hydrogens (tertiary/aromatic N) is 3. The highest BCUT2D eigenvalue weighted by Gasteiger charge is 2.41. The molecule has 2 aromatic carbocycles. The fourth-order valence-corrected chi connectivity index (χ4v) is 5.53. The number of carbonyl (C=O) groups is 1. The lowest BCUT2D eigenvalue weighted by Crippen LogP contribution is -2.33. The van der Waals surface area contributed by atoms with Gasteiger partial charge in [0.2, 0.25) is 5.91 Å². The minimum Gasteiger partial charge on any atom is -0.352 e. The molecule has 1 aliphatic heterocycles. The Balaban J connectivity index is 1.47. The van der Waals surface area contributed by atoms with E-state index in [1.54, 1.807) is 0 Å². The number of benzene rings is 2. The third kappa shape index (κ3) is 5.00. The maximum atomic E-state index is 12.9. The van der Waals surface area contributed by atoms with Crippen LogP contribution >= 0.6 is 12.2 Å². The third-order valence-corrected chi connectivity index (χ3v) is 7.35. The summed E-state index contributed by atoms with van der Waals surface area (Å²) in [7, 11) is 0. The lowest BCUT2D eigenvalue weighted by Gasteiger charge is -2.28. The van der Waals surface area contributed by atoms with Gasteiger partial charge in [-0.3, -0.25) is 9.78 Å². The topological polar surface area (TPSA) is 62.2 Å². The van der Waals surface area contributed by atoms with Gasteiger partial charge in [0.25, 0.3) is 0 Å². The monoisotopic (exact) mass is 509 g/mol. The molecule has 1 amide bonds. The van der Waals surface area contributed by atoms with Crippen LogP contribution in [-0.4, -0.2) is 32.0 Å². The van der Waals surface area contributed by atoms with E-state index < -0.39 is 0 Å². The second-order valence-electron chi connectivity index (χ2n) is 9.43. The highest BCUT2D eigenvalue weighted by atomic mass is 32.1. The smallest absolute Gasteiger partial charge is 0.226 e. The predicted octanol–water partition coefficient (Wildman–Crippen LogP) is 5.80. The Kier molecular flexibility index (Phi) is 7.06. The average molecular weight is 510 g/mol. The minimum atomic E-state index is -0.127. The van der Waals surface area contributed by atoms with Crippen molar-refractivity contribution in [2.75, 3.05) is 11.9 Å². The van der Waals surface area contributed by atoms with Crippen LogP contribution < -0.4 is 10.6 Å². The van der Waals surface area contributed by atoms with Crippen molar-refractivity contribution in [2.24, 2.45) is 0 Å². The molecule has 1 fully saturated rings. The van der Waals surface area contributed by atoms with Gasteiger partial charge < -0.3 is 20.1 Å². The Bertz CT molecular complexity index is 1420. The molecule has 2 aromatic heterocycles. The van der Waals surface area contributed by atoms with Crippen LogP contribution in [0.3, 0.4) is 0 Å². The first-order valence-electron chi connectivity index (χ1n) is 12.5. The summed E-state index contributed by atoms with van der Waals surface area (Å²) in [5, 5.41) is 7.18. The number of rotatable bonds is 7. The fourth-order valence-electron chi connectivity index (χ4n) is 5.19. The second-order valence-corrected chi connectivity index (χ2v) is 9.82. The normalized spacial score (nSPS) is 17.1. The molecule has 3 heterocycles. The summed E-state index contributed by atoms with van der Waals surface area (Å²) < 4.78 is 2.27. The Morgan fingerprint density at radius 1 is 1.00 bits per heavy atom. The molecule has 7 heteroatoms. The molecule has 1 aliphatic rings. The molecule has 0 aliphatic carbocycles. The zero-order chi connectivity index (χ0) is 25.9. The van der Waals surface area contributed by atoms with Crippen molar-refractivity contribution in [3.63, 3.8) is 0 Å². The zero-order valence-corrected chi connectivity index (χ0v) is 22.1. The van der Waals surface area contributed by atoms with Crippen LogP contribution in [0.15, 0.2) is 85.1 Å². The van der Waals surface area contributed by atoms with Gasteiger partial charge in [0.15, 0.2) is 5.11 Å². The lowest BCUT2D eigenvalue weighted by molar-refractivity contribution is -0.116. The number of pyridine rings is 1. The van der Waals surface area contributed by atoms with Gasteiger partial charge in [-0.2, -0.15) is 0 Å². The van der Waals surface area contributed by atoms with E-state index in [-0.39, 0.29) is 18.0 Å². The van der Waals surface area contributed by atoms with Crippen LogP contribution in [0, 0.1) is 20.8 Å². The van der Waals surface area contributed by atoms with Crippen LogP contribution in [0.4, 0.5) is 5.69 Å². The van der Waals surface area contributed by atoms with Gasteiger partial charge >= 0.3 is 0 Å². The molecule has 0 saturated carbocycles. The SMILES string of the molecule is Cc1ccccc1NC(=O)CCN1C(=S)N[C@H](c2ccccn2)[C@H]1c1cc(C)n(-c2ccccc2)c1C. The Labute approximate surface area is 223 Å². The van der Waals surface area contributed by atoms with Crippen molar-refractivity contribution >= 4 is 28.9 Å². The van der Waals surface area contributed by atoms with Crippen LogP contribution in [-0.2, 0) is 4.79 Å². The molecule has 0 bridgehead atoms. The van der Waals surface area contributed by atoms with Crippen molar-refractivity contribution in [2.45, 2.75) is 39.3 Å². The highest BCUT2D eigenvalue weighted by Crippen LogP contribution is 2.41. The second kappa shape index (κ2) is 10.6. The van der Waals surface area contributed by atoms with E-state index in [1.807, 2.05) is 61.7 Å². The summed E-state index contributed by atoms with van der Waals surface area (Å²) in [6.45, 7) is 6.76. The first kappa shape index (κ1) is 24.7. The molecule has 0 unspecified atom stereocenters. The summed E-state index contributed by atoms with van der Waals surface area (Å²) >= 11 is 5.82. The fraction of sp³-hybridized carbons (Fsp3) is 0.233. The largest absolute Gasteiger partial charge is 0.352 e. The number of aryl methyl sites for hydroxylation is 2. The van der Waals surface area contributed by atoms with E-state index in [9.17, 15) is 4.79 Å². The predicted molar refractivity (Wildman–Crippen MR) is 152 cm³/mol. The number of hydrogen-bond acceptors (Lipinski definition) is 3. The summed E-state index contributed by atoms with van der Waals surface area (Å²) in [5.74, 6) is -0.0353. The highest BCUT2D eigenvalue weighted by molar-refractivity contribution is 7.80. The van der Waals surface area contributed by atoms with Crippen LogP contribution in [0.2, 0.25) is 0 Å². The van der Waals surface area contributed by atoms with Gasteiger partial charge in [0, 0.05) is 41.9 Å². The molecular weight excluding hydrogens is 478 g/mol. The van der Waals surface area contributed by atoms with E-state index >= 15 is 0 Å². The van der Waals surface area contributed by atoms with Crippen molar-refractivity contribution < 1.29 is 4.79 Å². The molecule has 1 saturated heterocycles. The van der Waals surface area contributed by atoms with E-state index in [0.29, 0.717) is 18.1 Å². The standard InChI is InChI=1S/C30H31N5OS/c1-20-11-7-8-14-25(20)32-27(36)16-18-34-29(28(33-30(34)37)26-15-9-10-17-31-26)24-19-21(2)35(22(24)3)23-12-5-4-6-13-23/h4-15,17,19,28-29H,16,18H2,1-3H3,(H,32,36)(H,33,37)/t28-,29-/m1/s1. The number of thiocarbonyl (C=S) groups is 1. The van der Waals surface area contributed by atoms with Crippen molar-refractivity contribution in [1.82, 2.24) is 19.8 Å². The molecular formula is C30H31N5OS. The summed E-state index contributed by atoms with van der Waals surface area (Å²) in [5.41, 5.74) is 7.38. The number of nitrogens with one attached hydrogen (secondary N) is 2. The number of carbonyl (C=O) groups excluding carboxylic acids is 1. The maximum Gasteiger partial charge on any atom is 0.226 e. The van der Waals surface area contributed by atoms with E-state index in [4.69, 9.17) is 12.2 Å². The van der Waals surface area contributed by atoms with Crippen molar-refractivity contribution in [1.29, 1.82) is 0 Å². The van der Waals surface area contributed by atoms with E-state index in [2.05, 4.69) is 69.3 Å². The van der Waals surface area contributed by atoms with Gasteiger partial charge in [-0.05, 0) is 80.5 Å². The molecule has 5 rings (SSSR count). The average Bonchev–Trinajstić information content (AvgIpc) is 3.39. The first-order valence-corrected chi connectivity index (χ1v) is 12.9. The Morgan fingerprint density at radius 3 is 2.46 bits per heavy atom. The van der Waals surface area contributed by atoms with Gasteiger partial charge in [0.1, 0.15) is 0 Å². The number of anilines is 1. The van der Waals surface area contributed by atoms with E-state index in [0.717, 1.165) is 34.0 Å². The van der Waals surface area contributed by atoms with Crippen LogP contribution in [0.1, 0.15) is 46.7 Å². The maximum absolute atomic E-state index is 12.9. The zero-order valence-electron chi connectivity index (χ0n) is 21.3. The molecule has 37 heavy (non-hydrogen) atoms. The molecule has 0 spiro atoms. The number of amides is 1. The minimum absolute atomic E-state index is 0.0353. The van der Waals surface area contributed by atoms with Gasteiger partial charge in [0.05, 0.1) is 17.8 Å². The quantitative estimate of drug-likeness (QED) is 0.309. The molecule has 2 atom stereocenters. The molecule has 0 radical (unpaired) electrons. The Hall–Kier alpha value is -3.97. The lowest BCUT2D eigenvalue weighted by atomic mass is 9.96. The third-order valence-electron chi connectivity index (χ3n) is 7.00. The summed E-state index contributed by atoms with van der Waals surface area (Å²) in [6.07, 6.45) is 2.13. The molecule has 6 nitrogen and oxygen atoms in total. The van der Waals surface area contributed by atoms with Crippen molar-refractivity contribution in [3.05, 3.63) is 113 Å². The number of para-hydroxylation sites is 2. The van der Waals surface area contributed by atoms with E-state index in [1.165, 1.54) is 5.56 Å². The van der Waals surface area contributed by atoms with Crippen LogP contribution in [0.5, 0.6) is 0 Å². The summed E-state index contributed by atoms with van der Waals surface area (Å²) in [6, 6.07) is 26.1. The molecule has 188 valence electrons. The van der Waals surface area contributed by atoms with Crippen molar-refractivity contribution in [3.8, 4) is 5.69 Å². The van der Waals surface area contributed by atoms with Gasteiger partial charge in [-0.15, -0.1) is 0 Å². The number of hydrogen-bond donors (Lipinski definition) is 2. The number of aromatic nitrogens is 2. The molecule has 2 N–H and O–H groups in total. The van der Waals surface area contributed by atoms with Crippen LogP contribution in [0.25, 0.3) is 5.69 Å². The van der Waals surface area contributed by atoms with Gasteiger partial charge in [-0.25, -0.2) is 0 Å². The van der Waals surface area contributed by atoms with Gasteiger partial charge in [-0.1, -0.05) is 42.5 Å². The first-order chi connectivity index (χ1) is 17.9.